The monoisotopic (exact) mass is 384 g/mol. The number of rotatable bonds is 8. The number of nitrogens with zero attached hydrogens (tertiary/aromatic N) is 1. The normalized spacial score (nSPS) is 16.3. The Morgan fingerprint density at radius 3 is 2.64 bits per heavy atom. The van der Waals surface area contributed by atoms with Crippen LogP contribution in [0.25, 0.3) is 10.9 Å². The Kier molecular flexibility index (Phi) is 6.42. The number of ketones is 1. The molecule has 0 saturated carbocycles. The number of unbranched alkanes of at least 4 members (excludes halogenated alkanes) is 4. The zero-order valence-corrected chi connectivity index (χ0v) is 17.6. The first-order valence-electron chi connectivity index (χ1n) is 10.5. The molecular weight excluding hydrogens is 352 g/mol. The zero-order valence-electron chi connectivity index (χ0n) is 17.6. The summed E-state index contributed by atoms with van der Waals surface area (Å²) in [6.07, 6.45) is 6.94. The summed E-state index contributed by atoms with van der Waals surface area (Å²) >= 11 is 0. The van der Waals surface area contributed by atoms with Gasteiger partial charge in [0.05, 0.1) is 24.2 Å². The Morgan fingerprint density at radius 1 is 1.21 bits per heavy atom. The minimum atomic E-state index is -0.0170. The molecule has 2 aromatic rings. The number of fused-ring (bicyclic) bond motifs is 3. The van der Waals surface area contributed by atoms with Crippen molar-refractivity contribution >= 4 is 22.6 Å². The molecule has 1 atom stereocenters. The predicted molar refractivity (Wildman–Crippen MR) is 112 cm³/mol. The fourth-order valence-electron chi connectivity index (χ4n) is 4.42. The molecule has 1 aliphatic heterocycles. The van der Waals surface area contributed by atoms with Crippen LogP contribution in [0.1, 0.15) is 87.0 Å². The Bertz CT molecular complexity index is 868. The van der Waals surface area contributed by atoms with Gasteiger partial charge in [0.1, 0.15) is 5.75 Å². The second-order valence-electron chi connectivity index (χ2n) is 7.81. The first-order valence-corrected chi connectivity index (χ1v) is 10.5. The maximum absolute atomic E-state index is 13.1. The van der Waals surface area contributed by atoms with Gasteiger partial charge in [0.15, 0.2) is 5.78 Å². The summed E-state index contributed by atoms with van der Waals surface area (Å²) in [6.45, 7) is 6.56. The molecule has 0 bridgehead atoms. The molecule has 1 aromatic carbocycles. The summed E-state index contributed by atoms with van der Waals surface area (Å²) in [4.78, 5) is 30.4. The van der Waals surface area contributed by atoms with E-state index in [-0.39, 0.29) is 17.7 Å². The number of ether oxygens (including phenoxy) is 1. The van der Waals surface area contributed by atoms with Crippen LogP contribution >= 0.6 is 0 Å². The number of Topliss-reactive ketones (excluding diaryl/α,β-unsaturated/α-hetero) is 1. The van der Waals surface area contributed by atoms with Crippen LogP contribution in [0.2, 0.25) is 0 Å². The third kappa shape index (κ3) is 3.80. The number of hydrogen-bond donors (Lipinski definition) is 1. The average Bonchev–Trinajstić information content (AvgIpc) is 3.06. The number of methoxy groups -OCH3 is 1. The molecule has 28 heavy (non-hydrogen) atoms. The van der Waals surface area contributed by atoms with E-state index in [0.29, 0.717) is 24.3 Å². The lowest BCUT2D eigenvalue weighted by molar-refractivity contribution is -0.131. The summed E-state index contributed by atoms with van der Waals surface area (Å²) < 4.78 is 5.53. The molecule has 1 amide bonds. The number of hydrogen-bond acceptors (Lipinski definition) is 3. The molecule has 0 spiro atoms. The van der Waals surface area contributed by atoms with Gasteiger partial charge in [-0.15, -0.1) is 0 Å². The minimum Gasteiger partial charge on any atom is -0.496 e. The van der Waals surface area contributed by atoms with E-state index >= 15 is 0 Å². The second-order valence-corrected chi connectivity index (χ2v) is 7.81. The lowest BCUT2D eigenvalue weighted by Gasteiger charge is -2.32. The first kappa shape index (κ1) is 20.4. The standard InChI is InChI=1S/C23H32N2O3/c1-5-6-7-8-9-10-19(27)21-20(28-4)12-11-17-18-13-14-25(16(3)26)15(2)22(18)24-23(17)21/h11-12,15,24H,5-10,13-14H2,1-4H3. The van der Waals surface area contributed by atoms with Crippen molar-refractivity contribution in [3.63, 3.8) is 0 Å². The van der Waals surface area contributed by atoms with Gasteiger partial charge in [-0.2, -0.15) is 0 Å². The highest BCUT2D eigenvalue weighted by Gasteiger charge is 2.30. The minimum absolute atomic E-state index is 0.0170. The molecule has 5 nitrogen and oxygen atoms in total. The average molecular weight is 385 g/mol. The van der Waals surface area contributed by atoms with Crippen LogP contribution in [0.15, 0.2) is 12.1 Å². The number of benzene rings is 1. The third-order valence-corrected chi connectivity index (χ3v) is 5.98. The van der Waals surface area contributed by atoms with Crippen LogP contribution in [0.3, 0.4) is 0 Å². The number of aromatic nitrogens is 1. The van der Waals surface area contributed by atoms with Crippen LogP contribution in [0, 0.1) is 0 Å². The molecule has 2 heterocycles. The van der Waals surface area contributed by atoms with Gasteiger partial charge in [0.2, 0.25) is 5.91 Å². The largest absolute Gasteiger partial charge is 0.496 e. The molecule has 3 rings (SSSR count). The van der Waals surface area contributed by atoms with E-state index in [9.17, 15) is 9.59 Å². The molecule has 5 heteroatoms. The molecule has 0 saturated heterocycles. The quantitative estimate of drug-likeness (QED) is 0.503. The van der Waals surface area contributed by atoms with Crippen molar-refractivity contribution < 1.29 is 14.3 Å². The number of nitrogens with one attached hydrogen (secondary N) is 1. The number of carbonyl (C=O) groups is 2. The van der Waals surface area contributed by atoms with Crippen molar-refractivity contribution in [2.75, 3.05) is 13.7 Å². The molecule has 1 aliphatic rings. The summed E-state index contributed by atoms with van der Waals surface area (Å²) in [5.74, 6) is 0.840. The van der Waals surface area contributed by atoms with Crippen molar-refractivity contribution in [2.24, 2.45) is 0 Å². The highest BCUT2D eigenvalue weighted by atomic mass is 16.5. The Hall–Kier alpha value is -2.30. The molecule has 152 valence electrons. The van der Waals surface area contributed by atoms with Crippen molar-refractivity contribution in [1.29, 1.82) is 0 Å². The summed E-state index contributed by atoms with van der Waals surface area (Å²) in [6, 6.07) is 3.93. The van der Waals surface area contributed by atoms with Gasteiger partial charge in [0, 0.05) is 31.0 Å². The van der Waals surface area contributed by atoms with Crippen LogP contribution in [0.5, 0.6) is 5.75 Å². The Balaban J connectivity index is 1.95. The van der Waals surface area contributed by atoms with Crippen molar-refractivity contribution in [2.45, 2.75) is 71.8 Å². The molecule has 1 aromatic heterocycles. The van der Waals surface area contributed by atoms with Crippen molar-refractivity contribution in [3.8, 4) is 5.75 Å². The van der Waals surface area contributed by atoms with E-state index in [1.165, 1.54) is 24.8 Å². The fourth-order valence-corrected chi connectivity index (χ4v) is 4.42. The third-order valence-electron chi connectivity index (χ3n) is 5.98. The second kappa shape index (κ2) is 8.80. The van der Waals surface area contributed by atoms with Gasteiger partial charge < -0.3 is 14.6 Å². The smallest absolute Gasteiger partial charge is 0.220 e. The number of aromatic amines is 1. The maximum atomic E-state index is 13.1. The van der Waals surface area contributed by atoms with Crippen LogP contribution < -0.4 is 4.74 Å². The molecule has 1 N–H and O–H groups in total. The highest BCUT2D eigenvalue weighted by Crippen LogP contribution is 2.38. The van der Waals surface area contributed by atoms with E-state index in [4.69, 9.17) is 4.74 Å². The molecule has 1 unspecified atom stereocenters. The van der Waals surface area contributed by atoms with E-state index in [1.807, 2.05) is 24.0 Å². The Morgan fingerprint density at radius 2 is 1.96 bits per heavy atom. The number of H-pyrrole nitrogens is 1. The van der Waals surface area contributed by atoms with Crippen molar-refractivity contribution in [1.82, 2.24) is 9.88 Å². The Labute approximate surface area is 167 Å². The van der Waals surface area contributed by atoms with Crippen LogP contribution in [-0.2, 0) is 11.2 Å². The zero-order chi connectivity index (χ0) is 20.3. The van der Waals surface area contributed by atoms with Gasteiger partial charge in [-0.25, -0.2) is 0 Å². The van der Waals surface area contributed by atoms with Gasteiger partial charge in [-0.3, -0.25) is 9.59 Å². The van der Waals surface area contributed by atoms with E-state index in [2.05, 4.69) is 11.9 Å². The molecular formula is C23H32N2O3. The maximum Gasteiger partial charge on any atom is 0.220 e. The molecule has 0 fully saturated rings. The van der Waals surface area contributed by atoms with Gasteiger partial charge in [0.25, 0.3) is 0 Å². The van der Waals surface area contributed by atoms with Crippen molar-refractivity contribution in [3.05, 3.63) is 29.0 Å². The van der Waals surface area contributed by atoms with Crippen LogP contribution in [-0.4, -0.2) is 35.2 Å². The van der Waals surface area contributed by atoms with Crippen LogP contribution in [0.4, 0.5) is 0 Å². The van der Waals surface area contributed by atoms with Gasteiger partial charge in [-0.05, 0) is 37.5 Å². The summed E-state index contributed by atoms with van der Waals surface area (Å²) in [5, 5.41) is 1.08. The van der Waals surface area contributed by atoms with E-state index < -0.39 is 0 Å². The number of amides is 1. The van der Waals surface area contributed by atoms with E-state index in [1.54, 1.807) is 14.0 Å². The highest BCUT2D eigenvalue weighted by molar-refractivity contribution is 6.10. The fraction of sp³-hybridized carbons (Fsp3) is 0.565. The molecule has 0 aliphatic carbocycles. The first-order chi connectivity index (χ1) is 13.5. The van der Waals surface area contributed by atoms with Gasteiger partial charge >= 0.3 is 0 Å². The predicted octanol–water partition coefficient (Wildman–Crippen LogP) is 5.19. The topological polar surface area (TPSA) is 62.4 Å². The van der Waals surface area contributed by atoms with E-state index in [0.717, 1.165) is 35.9 Å². The molecule has 0 radical (unpaired) electrons. The lowest BCUT2D eigenvalue weighted by atomic mass is 9.96. The van der Waals surface area contributed by atoms with Gasteiger partial charge in [-0.1, -0.05) is 32.6 Å². The number of carbonyl (C=O) groups excluding carboxylic acids is 2. The summed E-state index contributed by atoms with van der Waals surface area (Å²) in [5.41, 5.74) is 3.79. The SMILES string of the molecule is CCCCCCCC(=O)c1c(OC)ccc2c3c([nH]c12)C(C)N(C(C)=O)CC3. The lowest BCUT2D eigenvalue weighted by Crippen LogP contribution is -2.37. The summed E-state index contributed by atoms with van der Waals surface area (Å²) in [7, 11) is 1.61.